The van der Waals surface area contributed by atoms with Crippen LogP contribution in [-0.2, 0) is 4.74 Å². The van der Waals surface area contributed by atoms with Crippen molar-refractivity contribution in [3.8, 4) is 0 Å². The number of aliphatic hydroxyl groups is 1. The third-order valence-electron chi connectivity index (χ3n) is 3.44. The highest BCUT2D eigenvalue weighted by Crippen LogP contribution is 2.01. The van der Waals surface area contributed by atoms with Gasteiger partial charge in [-0.1, -0.05) is 0 Å². The highest BCUT2D eigenvalue weighted by molar-refractivity contribution is 5.94. The summed E-state index contributed by atoms with van der Waals surface area (Å²) in [5.41, 5.74) is 0.682. The Morgan fingerprint density at radius 3 is 2.00 bits per heavy atom. The quantitative estimate of drug-likeness (QED) is 0.528. The van der Waals surface area contributed by atoms with Gasteiger partial charge in [-0.05, 0) is 19.1 Å². The van der Waals surface area contributed by atoms with Gasteiger partial charge in [-0.15, -0.1) is 0 Å². The summed E-state index contributed by atoms with van der Waals surface area (Å²) in [6.07, 6.45) is 3.78. The van der Waals surface area contributed by atoms with Gasteiger partial charge in [0.25, 0.3) is 11.8 Å². The molecule has 0 radical (unpaired) electrons. The fourth-order valence-corrected chi connectivity index (χ4v) is 2.10. The molecule has 2 heterocycles. The third-order valence-corrected chi connectivity index (χ3v) is 3.44. The van der Waals surface area contributed by atoms with Gasteiger partial charge in [0.05, 0.1) is 42.0 Å². The normalized spacial score (nSPS) is 12.8. The molecule has 10 heteroatoms. The lowest BCUT2D eigenvalue weighted by Crippen LogP contribution is -2.46. The SMILES string of the molecule is CCO[C@H](CNC(=O)c1ccnnc1)[C@@H](O)CNC(=O)c1ccnnc1. The Balaban J connectivity index is 1.85. The Kier molecular flexibility index (Phi) is 7.52. The van der Waals surface area contributed by atoms with Crippen molar-refractivity contribution >= 4 is 11.8 Å². The lowest BCUT2D eigenvalue weighted by Gasteiger charge is -2.23. The number of amides is 2. The molecule has 2 aromatic heterocycles. The van der Waals surface area contributed by atoms with Crippen molar-refractivity contribution in [1.82, 2.24) is 31.0 Å². The number of hydrogen-bond donors (Lipinski definition) is 3. The van der Waals surface area contributed by atoms with Gasteiger partial charge in [0, 0.05) is 19.7 Å². The van der Waals surface area contributed by atoms with Gasteiger partial charge in [0.1, 0.15) is 6.10 Å². The number of carbonyl (C=O) groups excluding carboxylic acids is 2. The van der Waals surface area contributed by atoms with Crippen molar-refractivity contribution in [3.05, 3.63) is 48.0 Å². The summed E-state index contributed by atoms with van der Waals surface area (Å²) in [6, 6.07) is 3.04. The minimum atomic E-state index is -1.01. The fraction of sp³-hybridized carbons (Fsp3) is 0.375. The van der Waals surface area contributed by atoms with Crippen molar-refractivity contribution in [2.24, 2.45) is 0 Å². The van der Waals surface area contributed by atoms with Crippen LogP contribution in [0.2, 0.25) is 0 Å². The maximum atomic E-state index is 12.0. The standard InChI is InChI=1S/C16H20N6O4/c1-2-26-14(10-18-16(25)12-4-6-20-22-8-12)13(23)9-17-15(24)11-3-5-19-21-7-11/h3-8,13-14,23H,2,9-10H2,1H3,(H,17,24)(H,18,25)/t13-,14+/m0/s1. The maximum Gasteiger partial charge on any atom is 0.253 e. The Bertz CT molecular complexity index is 700. The van der Waals surface area contributed by atoms with Crippen molar-refractivity contribution < 1.29 is 19.4 Å². The fourth-order valence-electron chi connectivity index (χ4n) is 2.10. The number of aliphatic hydroxyl groups excluding tert-OH is 1. The second kappa shape index (κ2) is 10.1. The van der Waals surface area contributed by atoms with Crippen LogP contribution < -0.4 is 10.6 Å². The van der Waals surface area contributed by atoms with E-state index in [1.54, 1.807) is 6.92 Å². The summed E-state index contributed by atoms with van der Waals surface area (Å²) < 4.78 is 5.46. The zero-order chi connectivity index (χ0) is 18.8. The molecule has 0 unspecified atom stereocenters. The molecule has 0 aliphatic rings. The minimum Gasteiger partial charge on any atom is -0.388 e. The summed E-state index contributed by atoms with van der Waals surface area (Å²) in [5, 5.41) is 30.0. The van der Waals surface area contributed by atoms with E-state index in [-0.39, 0.29) is 24.9 Å². The second-order valence-electron chi connectivity index (χ2n) is 5.24. The molecule has 0 aromatic carbocycles. The van der Waals surface area contributed by atoms with Crippen LogP contribution in [0.1, 0.15) is 27.6 Å². The monoisotopic (exact) mass is 360 g/mol. The van der Waals surface area contributed by atoms with Gasteiger partial charge in [-0.3, -0.25) is 9.59 Å². The number of aromatic nitrogens is 4. The summed E-state index contributed by atoms with van der Waals surface area (Å²) in [6.45, 7) is 2.15. The molecule has 2 aromatic rings. The Labute approximate surface area is 150 Å². The van der Waals surface area contributed by atoms with Crippen LogP contribution in [0.5, 0.6) is 0 Å². The van der Waals surface area contributed by atoms with Crippen LogP contribution in [0.4, 0.5) is 0 Å². The molecule has 0 fully saturated rings. The molecule has 10 nitrogen and oxygen atoms in total. The third kappa shape index (κ3) is 5.83. The van der Waals surface area contributed by atoms with E-state index >= 15 is 0 Å². The minimum absolute atomic E-state index is 0.0431. The highest BCUT2D eigenvalue weighted by Gasteiger charge is 2.21. The molecule has 0 aliphatic heterocycles. The number of nitrogens with one attached hydrogen (secondary N) is 2. The summed E-state index contributed by atoms with van der Waals surface area (Å²) in [4.78, 5) is 24.0. The van der Waals surface area contributed by atoms with Crippen molar-refractivity contribution in [2.75, 3.05) is 19.7 Å². The van der Waals surface area contributed by atoms with E-state index in [2.05, 4.69) is 31.0 Å². The molecule has 26 heavy (non-hydrogen) atoms. The molecule has 0 bridgehead atoms. The van der Waals surface area contributed by atoms with Gasteiger partial charge in [0.15, 0.2) is 0 Å². The largest absolute Gasteiger partial charge is 0.388 e. The molecular formula is C16H20N6O4. The van der Waals surface area contributed by atoms with Gasteiger partial charge in [-0.25, -0.2) is 0 Å². The van der Waals surface area contributed by atoms with E-state index in [1.807, 2.05) is 0 Å². The maximum absolute atomic E-state index is 12.0. The molecule has 2 rings (SSSR count). The molecule has 2 atom stereocenters. The second-order valence-corrected chi connectivity index (χ2v) is 5.24. The highest BCUT2D eigenvalue weighted by atomic mass is 16.5. The topological polar surface area (TPSA) is 139 Å². The molecular weight excluding hydrogens is 340 g/mol. The first-order valence-corrected chi connectivity index (χ1v) is 8.01. The Morgan fingerprint density at radius 1 is 1.00 bits per heavy atom. The van der Waals surface area contributed by atoms with Crippen LogP contribution in [0.3, 0.4) is 0 Å². The van der Waals surface area contributed by atoms with Gasteiger partial charge in [-0.2, -0.15) is 20.4 Å². The molecule has 0 aliphatic carbocycles. The summed E-state index contributed by atoms with van der Waals surface area (Å²) in [7, 11) is 0. The first-order chi connectivity index (χ1) is 12.6. The average molecular weight is 360 g/mol. The Morgan fingerprint density at radius 2 is 1.54 bits per heavy atom. The molecule has 0 saturated heterocycles. The summed E-state index contributed by atoms with van der Waals surface area (Å²) in [5.74, 6) is -0.746. The molecule has 3 N–H and O–H groups in total. The van der Waals surface area contributed by atoms with E-state index in [9.17, 15) is 14.7 Å². The van der Waals surface area contributed by atoms with Gasteiger partial charge >= 0.3 is 0 Å². The lowest BCUT2D eigenvalue weighted by atomic mass is 10.1. The number of ether oxygens (including phenoxy) is 1. The average Bonchev–Trinajstić information content (AvgIpc) is 2.70. The van der Waals surface area contributed by atoms with Crippen LogP contribution in [-0.4, -0.2) is 69.2 Å². The smallest absolute Gasteiger partial charge is 0.253 e. The van der Waals surface area contributed by atoms with Crippen molar-refractivity contribution in [1.29, 1.82) is 0 Å². The van der Waals surface area contributed by atoms with E-state index in [0.29, 0.717) is 17.7 Å². The van der Waals surface area contributed by atoms with E-state index < -0.39 is 12.2 Å². The predicted octanol–water partition coefficient (Wildman–Crippen LogP) is -0.808. The lowest BCUT2D eigenvalue weighted by molar-refractivity contribution is -0.0287. The first-order valence-electron chi connectivity index (χ1n) is 8.01. The van der Waals surface area contributed by atoms with Crippen molar-refractivity contribution in [2.45, 2.75) is 19.1 Å². The van der Waals surface area contributed by atoms with Crippen LogP contribution >= 0.6 is 0 Å². The van der Waals surface area contributed by atoms with Crippen LogP contribution in [0, 0.1) is 0 Å². The zero-order valence-corrected chi connectivity index (χ0v) is 14.2. The van der Waals surface area contributed by atoms with Gasteiger partial charge in [0.2, 0.25) is 0 Å². The Hall–Kier alpha value is -2.98. The number of rotatable bonds is 9. The molecule has 138 valence electrons. The molecule has 0 saturated carbocycles. The zero-order valence-electron chi connectivity index (χ0n) is 14.2. The van der Waals surface area contributed by atoms with Crippen LogP contribution in [0.15, 0.2) is 36.9 Å². The van der Waals surface area contributed by atoms with E-state index in [0.717, 1.165) is 0 Å². The van der Waals surface area contributed by atoms with Crippen molar-refractivity contribution in [3.63, 3.8) is 0 Å². The molecule has 0 spiro atoms. The predicted molar refractivity (Wildman–Crippen MR) is 90.2 cm³/mol. The number of hydrogen-bond acceptors (Lipinski definition) is 8. The molecule has 2 amide bonds. The van der Waals surface area contributed by atoms with E-state index in [4.69, 9.17) is 4.74 Å². The summed E-state index contributed by atoms with van der Waals surface area (Å²) >= 11 is 0. The first kappa shape index (κ1) is 19.3. The van der Waals surface area contributed by atoms with Gasteiger partial charge < -0.3 is 20.5 Å². The number of nitrogens with zero attached hydrogens (tertiary/aromatic N) is 4. The van der Waals surface area contributed by atoms with Crippen LogP contribution in [0.25, 0.3) is 0 Å². The van der Waals surface area contributed by atoms with E-state index in [1.165, 1.54) is 36.9 Å². The number of carbonyl (C=O) groups is 2.